The Hall–Kier alpha value is -2.35. The van der Waals surface area contributed by atoms with Crippen molar-refractivity contribution in [1.29, 1.82) is 0 Å². The van der Waals surface area contributed by atoms with Crippen LogP contribution in [0.25, 0.3) is 11.6 Å². The second-order valence-corrected chi connectivity index (χ2v) is 8.05. The Labute approximate surface area is 156 Å². The van der Waals surface area contributed by atoms with Crippen LogP contribution in [0.4, 0.5) is 0 Å². The maximum atomic E-state index is 11.0. The molecule has 0 spiro atoms. The lowest BCUT2D eigenvalue weighted by atomic mass is 9.71. The SMILES string of the molecule is CC(=O)Oc1ccc(C=C(C)c2cc3c(cc2C)CCCC3(C)C)cc1. The lowest BCUT2D eigenvalue weighted by molar-refractivity contribution is -0.131. The Morgan fingerprint density at radius 2 is 1.81 bits per heavy atom. The average molecular weight is 348 g/mol. The molecule has 2 nitrogen and oxygen atoms in total. The van der Waals surface area contributed by atoms with Crippen molar-refractivity contribution < 1.29 is 9.53 Å². The maximum absolute atomic E-state index is 11.0. The molecule has 3 rings (SSSR count). The minimum Gasteiger partial charge on any atom is -0.427 e. The Balaban J connectivity index is 1.93. The molecule has 136 valence electrons. The van der Waals surface area contributed by atoms with Crippen molar-refractivity contribution in [2.24, 2.45) is 0 Å². The quantitative estimate of drug-likeness (QED) is 0.381. The van der Waals surface area contributed by atoms with Gasteiger partial charge in [-0.05, 0) is 84.0 Å². The van der Waals surface area contributed by atoms with Gasteiger partial charge in [0.1, 0.15) is 5.75 Å². The van der Waals surface area contributed by atoms with Crippen LogP contribution in [0.1, 0.15) is 68.4 Å². The molecule has 2 heteroatoms. The molecule has 26 heavy (non-hydrogen) atoms. The van der Waals surface area contributed by atoms with Crippen LogP contribution in [-0.4, -0.2) is 5.97 Å². The van der Waals surface area contributed by atoms with Crippen molar-refractivity contribution in [3.63, 3.8) is 0 Å². The Morgan fingerprint density at radius 3 is 2.46 bits per heavy atom. The highest BCUT2D eigenvalue weighted by Crippen LogP contribution is 2.39. The number of esters is 1. The second-order valence-electron chi connectivity index (χ2n) is 8.05. The highest BCUT2D eigenvalue weighted by Gasteiger charge is 2.28. The number of fused-ring (bicyclic) bond motifs is 1. The lowest BCUT2D eigenvalue weighted by Crippen LogP contribution is -2.24. The number of ether oxygens (including phenoxy) is 1. The number of carbonyl (C=O) groups is 1. The van der Waals surface area contributed by atoms with Crippen LogP contribution in [0.3, 0.4) is 0 Å². The van der Waals surface area contributed by atoms with E-state index in [4.69, 9.17) is 4.74 Å². The molecule has 0 saturated heterocycles. The number of hydrogen-bond donors (Lipinski definition) is 0. The number of benzene rings is 2. The van der Waals surface area contributed by atoms with Gasteiger partial charge in [0.05, 0.1) is 0 Å². The first-order chi connectivity index (χ1) is 12.3. The Bertz CT molecular complexity index is 855. The van der Waals surface area contributed by atoms with E-state index in [0.717, 1.165) is 5.56 Å². The van der Waals surface area contributed by atoms with Gasteiger partial charge >= 0.3 is 5.97 Å². The largest absolute Gasteiger partial charge is 0.427 e. The van der Waals surface area contributed by atoms with E-state index in [1.807, 2.05) is 24.3 Å². The molecule has 0 N–H and O–H groups in total. The van der Waals surface area contributed by atoms with Gasteiger partial charge in [0.25, 0.3) is 0 Å². The van der Waals surface area contributed by atoms with Gasteiger partial charge in [0.2, 0.25) is 0 Å². The van der Waals surface area contributed by atoms with E-state index in [1.165, 1.54) is 54.0 Å². The molecule has 0 radical (unpaired) electrons. The zero-order chi connectivity index (χ0) is 18.9. The summed E-state index contributed by atoms with van der Waals surface area (Å²) >= 11 is 0. The minimum absolute atomic E-state index is 0.252. The van der Waals surface area contributed by atoms with Crippen LogP contribution in [0.2, 0.25) is 0 Å². The van der Waals surface area contributed by atoms with Gasteiger partial charge in [0.15, 0.2) is 0 Å². The monoisotopic (exact) mass is 348 g/mol. The molecule has 0 aromatic heterocycles. The van der Waals surface area contributed by atoms with Crippen LogP contribution in [-0.2, 0) is 16.6 Å². The van der Waals surface area contributed by atoms with Crippen LogP contribution >= 0.6 is 0 Å². The van der Waals surface area contributed by atoms with E-state index in [9.17, 15) is 4.79 Å². The van der Waals surface area contributed by atoms with Crippen molar-refractivity contribution in [3.8, 4) is 5.75 Å². The molecule has 0 fully saturated rings. The highest BCUT2D eigenvalue weighted by atomic mass is 16.5. The fraction of sp³-hybridized carbons (Fsp3) is 0.375. The molecule has 2 aromatic carbocycles. The van der Waals surface area contributed by atoms with Crippen LogP contribution in [0.15, 0.2) is 36.4 Å². The van der Waals surface area contributed by atoms with E-state index in [2.05, 4.69) is 45.9 Å². The number of carbonyl (C=O) groups excluding carboxylic acids is 1. The summed E-state index contributed by atoms with van der Waals surface area (Å²) in [6.07, 6.45) is 5.92. The third-order valence-electron chi connectivity index (χ3n) is 5.38. The summed E-state index contributed by atoms with van der Waals surface area (Å²) in [5.41, 5.74) is 8.29. The predicted molar refractivity (Wildman–Crippen MR) is 108 cm³/mol. The molecule has 0 saturated carbocycles. The van der Waals surface area contributed by atoms with Crippen LogP contribution in [0.5, 0.6) is 5.75 Å². The van der Waals surface area contributed by atoms with Gasteiger partial charge in [-0.3, -0.25) is 4.79 Å². The van der Waals surface area contributed by atoms with Crippen LogP contribution < -0.4 is 4.74 Å². The Kier molecular flexibility index (Phi) is 5.04. The number of allylic oxidation sites excluding steroid dienone is 1. The first kappa shape index (κ1) is 18.4. The van der Waals surface area contributed by atoms with E-state index < -0.39 is 0 Å². The molecule has 0 bridgehead atoms. The number of aryl methyl sites for hydroxylation is 2. The summed E-state index contributed by atoms with van der Waals surface area (Å²) in [6, 6.07) is 12.4. The van der Waals surface area contributed by atoms with Gasteiger partial charge in [-0.25, -0.2) is 0 Å². The molecular formula is C24H28O2. The third kappa shape index (κ3) is 3.90. The van der Waals surface area contributed by atoms with Gasteiger partial charge < -0.3 is 4.74 Å². The first-order valence-corrected chi connectivity index (χ1v) is 9.37. The molecular weight excluding hydrogens is 320 g/mol. The molecule has 0 aliphatic heterocycles. The van der Waals surface area contributed by atoms with Gasteiger partial charge in [-0.2, -0.15) is 0 Å². The van der Waals surface area contributed by atoms with E-state index >= 15 is 0 Å². The van der Waals surface area contributed by atoms with Crippen molar-refractivity contribution in [3.05, 3.63) is 64.2 Å². The third-order valence-corrected chi connectivity index (χ3v) is 5.38. The van der Waals surface area contributed by atoms with Crippen molar-refractivity contribution >= 4 is 17.6 Å². The van der Waals surface area contributed by atoms with E-state index in [-0.39, 0.29) is 11.4 Å². The summed E-state index contributed by atoms with van der Waals surface area (Å²) in [5.74, 6) is 0.288. The fourth-order valence-corrected chi connectivity index (χ4v) is 4.01. The predicted octanol–water partition coefficient (Wildman–Crippen LogP) is 6.09. The van der Waals surface area contributed by atoms with Crippen molar-refractivity contribution in [2.45, 2.75) is 59.3 Å². The summed E-state index contributed by atoms with van der Waals surface area (Å²) in [7, 11) is 0. The molecule has 0 atom stereocenters. The number of hydrogen-bond acceptors (Lipinski definition) is 2. The number of rotatable bonds is 3. The topological polar surface area (TPSA) is 26.3 Å². The Morgan fingerprint density at radius 1 is 1.12 bits per heavy atom. The standard InChI is InChI=1S/C24H28O2/c1-16(13-19-8-10-21(11-9-19)26-18(3)25)22-15-23-20(14-17(22)2)7-6-12-24(23,4)5/h8-11,13-15H,6-7,12H2,1-5H3. The fourth-order valence-electron chi connectivity index (χ4n) is 4.01. The lowest BCUT2D eigenvalue weighted by Gasteiger charge is -2.33. The zero-order valence-electron chi connectivity index (χ0n) is 16.5. The molecule has 1 aliphatic rings. The molecule has 2 aromatic rings. The summed E-state index contributed by atoms with van der Waals surface area (Å²) < 4.78 is 5.10. The van der Waals surface area contributed by atoms with E-state index in [0.29, 0.717) is 5.75 Å². The van der Waals surface area contributed by atoms with Crippen molar-refractivity contribution in [2.75, 3.05) is 0 Å². The molecule has 1 aliphatic carbocycles. The minimum atomic E-state index is -0.295. The highest BCUT2D eigenvalue weighted by molar-refractivity contribution is 5.82. The summed E-state index contributed by atoms with van der Waals surface area (Å²) in [4.78, 5) is 11.0. The molecule has 0 heterocycles. The van der Waals surface area contributed by atoms with E-state index in [1.54, 1.807) is 0 Å². The molecule has 0 amide bonds. The average Bonchev–Trinajstić information content (AvgIpc) is 2.55. The zero-order valence-corrected chi connectivity index (χ0v) is 16.5. The van der Waals surface area contributed by atoms with Crippen molar-refractivity contribution in [1.82, 2.24) is 0 Å². The second kappa shape index (κ2) is 7.11. The summed E-state index contributed by atoms with van der Waals surface area (Å²) in [6.45, 7) is 10.5. The molecule has 0 unspecified atom stereocenters. The van der Waals surface area contributed by atoms with Gasteiger partial charge in [-0.15, -0.1) is 0 Å². The first-order valence-electron chi connectivity index (χ1n) is 9.37. The normalized spacial score (nSPS) is 16.1. The maximum Gasteiger partial charge on any atom is 0.308 e. The summed E-state index contributed by atoms with van der Waals surface area (Å²) in [5, 5.41) is 0. The van der Waals surface area contributed by atoms with Gasteiger partial charge in [-0.1, -0.05) is 44.2 Å². The smallest absolute Gasteiger partial charge is 0.308 e. The van der Waals surface area contributed by atoms with Gasteiger partial charge in [0, 0.05) is 6.92 Å². The van der Waals surface area contributed by atoms with Crippen LogP contribution in [0, 0.1) is 6.92 Å².